The van der Waals surface area contributed by atoms with Crippen LogP contribution in [0.25, 0.3) is 5.70 Å². The van der Waals surface area contributed by atoms with Gasteiger partial charge in [0, 0.05) is 35.9 Å². The van der Waals surface area contributed by atoms with E-state index in [9.17, 15) is 27.6 Å². The van der Waals surface area contributed by atoms with Gasteiger partial charge in [0.05, 0.1) is 27.6 Å². The second-order valence-electron chi connectivity index (χ2n) is 9.37. The van der Waals surface area contributed by atoms with Crippen molar-refractivity contribution in [1.29, 1.82) is 5.41 Å². The minimum absolute atomic E-state index is 0.0468. The fraction of sp³-hybridized carbons (Fsp3) is 0.241. The number of fused-ring (bicyclic) bond motifs is 1. The molecule has 0 spiro atoms. The van der Waals surface area contributed by atoms with E-state index < -0.39 is 35.5 Å². The predicted octanol–water partition coefficient (Wildman–Crippen LogP) is 5.31. The first-order valence-electron chi connectivity index (χ1n) is 12.4. The SMILES string of the molecule is CN/C(=C(/C)C=N)c1cc(C(=O)N[C@@H](Cc2cccc(C(F)(F)F)c2)CN2C(=O)c3ccccc3C2=O)sc1C. The number of hydrogen-bond acceptors (Lipinski definition) is 6. The van der Waals surface area contributed by atoms with Crippen LogP contribution in [0.2, 0.25) is 0 Å². The third-order valence-corrected chi connectivity index (χ3v) is 7.67. The number of hydrogen-bond donors (Lipinski definition) is 3. The molecule has 1 aliphatic rings. The third kappa shape index (κ3) is 5.84. The summed E-state index contributed by atoms with van der Waals surface area (Å²) in [6.45, 7) is 3.38. The van der Waals surface area contributed by atoms with Crippen molar-refractivity contribution in [3.05, 3.63) is 97.7 Å². The van der Waals surface area contributed by atoms with Crippen molar-refractivity contribution in [2.75, 3.05) is 13.6 Å². The molecule has 2 aromatic carbocycles. The molecule has 0 aliphatic carbocycles. The number of allylic oxidation sites excluding steroid dienone is 1. The van der Waals surface area contributed by atoms with E-state index in [1.807, 2.05) is 6.92 Å². The summed E-state index contributed by atoms with van der Waals surface area (Å²) in [5.74, 6) is -1.54. The number of carbonyl (C=O) groups excluding carboxylic acids is 3. The van der Waals surface area contributed by atoms with Gasteiger partial charge in [0.15, 0.2) is 0 Å². The fourth-order valence-electron chi connectivity index (χ4n) is 4.66. The summed E-state index contributed by atoms with van der Waals surface area (Å²) in [5, 5.41) is 13.5. The van der Waals surface area contributed by atoms with Crippen LogP contribution in [0.3, 0.4) is 0 Å². The number of carbonyl (C=O) groups is 3. The average Bonchev–Trinajstić information content (AvgIpc) is 3.42. The molecule has 11 heteroatoms. The van der Waals surface area contributed by atoms with Gasteiger partial charge in [-0.05, 0) is 55.7 Å². The van der Waals surface area contributed by atoms with Crippen molar-refractivity contribution < 1.29 is 27.6 Å². The second-order valence-corrected chi connectivity index (χ2v) is 10.6. The summed E-state index contributed by atoms with van der Waals surface area (Å²) in [6, 6.07) is 11.9. The second kappa shape index (κ2) is 11.5. The maximum absolute atomic E-state index is 13.4. The molecule has 2 heterocycles. The van der Waals surface area contributed by atoms with Gasteiger partial charge in [0.25, 0.3) is 17.7 Å². The summed E-state index contributed by atoms with van der Waals surface area (Å²) in [5.41, 5.74) is 2.04. The molecule has 1 atom stereocenters. The van der Waals surface area contributed by atoms with Crippen LogP contribution < -0.4 is 10.6 Å². The molecule has 0 radical (unpaired) electrons. The number of nitrogens with zero attached hydrogens (tertiary/aromatic N) is 1. The number of aryl methyl sites for hydroxylation is 1. The van der Waals surface area contributed by atoms with E-state index in [0.717, 1.165) is 27.5 Å². The number of benzene rings is 2. The van der Waals surface area contributed by atoms with Gasteiger partial charge in [-0.1, -0.05) is 30.3 Å². The fourth-order valence-corrected chi connectivity index (χ4v) is 5.59. The number of amides is 3. The summed E-state index contributed by atoms with van der Waals surface area (Å²) in [4.78, 5) is 41.6. The van der Waals surface area contributed by atoms with Gasteiger partial charge in [-0.15, -0.1) is 11.3 Å². The molecule has 1 aliphatic heterocycles. The summed E-state index contributed by atoms with van der Waals surface area (Å²) >= 11 is 1.22. The van der Waals surface area contributed by atoms with Crippen LogP contribution >= 0.6 is 11.3 Å². The quantitative estimate of drug-likeness (QED) is 0.240. The summed E-state index contributed by atoms with van der Waals surface area (Å²) < 4.78 is 40.0. The molecule has 208 valence electrons. The number of thiophene rings is 1. The zero-order chi connectivity index (χ0) is 29.2. The van der Waals surface area contributed by atoms with Gasteiger partial charge in [-0.25, -0.2) is 0 Å². The molecule has 7 nitrogen and oxygen atoms in total. The van der Waals surface area contributed by atoms with Crippen LogP contribution in [0.5, 0.6) is 0 Å². The molecule has 0 unspecified atom stereocenters. The van der Waals surface area contributed by atoms with Crippen LogP contribution in [-0.2, 0) is 12.6 Å². The van der Waals surface area contributed by atoms with E-state index in [1.54, 1.807) is 32.2 Å². The molecule has 3 amide bonds. The highest BCUT2D eigenvalue weighted by molar-refractivity contribution is 7.14. The maximum atomic E-state index is 13.4. The zero-order valence-electron chi connectivity index (χ0n) is 22.0. The maximum Gasteiger partial charge on any atom is 0.416 e. The van der Waals surface area contributed by atoms with Gasteiger partial charge in [0.2, 0.25) is 0 Å². The topological polar surface area (TPSA) is 102 Å². The number of nitrogens with one attached hydrogen (secondary N) is 3. The van der Waals surface area contributed by atoms with Gasteiger partial charge < -0.3 is 16.0 Å². The van der Waals surface area contributed by atoms with E-state index >= 15 is 0 Å². The molecular weight excluding hydrogens is 541 g/mol. The summed E-state index contributed by atoms with van der Waals surface area (Å²) in [6.07, 6.45) is -3.39. The third-order valence-electron chi connectivity index (χ3n) is 6.62. The van der Waals surface area contributed by atoms with E-state index in [-0.39, 0.29) is 24.1 Å². The van der Waals surface area contributed by atoms with Gasteiger partial charge in [0.1, 0.15) is 0 Å². The lowest BCUT2D eigenvalue weighted by Crippen LogP contribution is -2.46. The standard InChI is InChI=1S/C29H27F3N4O3S/c1-16(14-33)25(34-3)23-13-24(40-17(23)2)26(37)35-20(12-18-7-6-8-19(11-18)29(30,31)32)15-36-27(38)21-9-4-5-10-22(21)28(36)39/h4-11,13-14,20,33-34H,12,15H2,1-3H3,(H,35,37)/b25-16-,33-14?/t20-/m0/s1. The predicted molar refractivity (Wildman–Crippen MR) is 148 cm³/mol. The van der Waals surface area contributed by atoms with E-state index in [1.165, 1.54) is 41.8 Å². The molecule has 0 bridgehead atoms. The van der Waals surface area contributed by atoms with E-state index in [4.69, 9.17) is 5.41 Å². The van der Waals surface area contributed by atoms with Crippen molar-refractivity contribution in [3.8, 4) is 0 Å². The lowest BCUT2D eigenvalue weighted by atomic mass is 10.0. The van der Waals surface area contributed by atoms with Crippen LogP contribution in [0.4, 0.5) is 13.2 Å². The Morgan fingerprint density at radius 2 is 1.73 bits per heavy atom. The van der Waals surface area contributed by atoms with Crippen LogP contribution in [0, 0.1) is 12.3 Å². The van der Waals surface area contributed by atoms with E-state index in [0.29, 0.717) is 21.7 Å². The molecule has 4 rings (SSSR count). The Kier molecular flexibility index (Phi) is 8.24. The average molecular weight is 569 g/mol. The Morgan fingerprint density at radius 1 is 1.07 bits per heavy atom. The van der Waals surface area contributed by atoms with Crippen LogP contribution in [0.1, 0.15) is 58.9 Å². The van der Waals surface area contributed by atoms with Crippen LogP contribution in [0.15, 0.2) is 60.2 Å². The largest absolute Gasteiger partial charge is 0.416 e. The number of alkyl halides is 3. The van der Waals surface area contributed by atoms with E-state index in [2.05, 4.69) is 10.6 Å². The smallest absolute Gasteiger partial charge is 0.387 e. The zero-order valence-corrected chi connectivity index (χ0v) is 22.8. The minimum Gasteiger partial charge on any atom is -0.387 e. The Balaban J connectivity index is 1.64. The Hall–Kier alpha value is -4.25. The molecule has 0 fully saturated rings. The lowest BCUT2D eigenvalue weighted by molar-refractivity contribution is -0.137. The molecule has 0 saturated carbocycles. The normalized spacial score (nSPS) is 14.5. The van der Waals surface area contributed by atoms with Crippen molar-refractivity contribution in [2.45, 2.75) is 32.5 Å². The number of rotatable bonds is 9. The first-order chi connectivity index (χ1) is 18.9. The first kappa shape index (κ1) is 28.8. The first-order valence-corrected chi connectivity index (χ1v) is 13.2. The molecule has 0 saturated heterocycles. The molecule has 3 aromatic rings. The summed E-state index contributed by atoms with van der Waals surface area (Å²) in [7, 11) is 1.71. The number of halogens is 3. The Bertz CT molecular complexity index is 1490. The highest BCUT2D eigenvalue weighted by Crippen LogP contribution is 2.31. The number of imide groups is 1. The molecular formula is C29H27F3N4O3S. The molecule has 3 N–H and O–H groups in total. The van der Waals surface area contributed by atoms with Crippen molar-refractivity contribution in [2.24, 2.45) is 0 Å². The highest BCUT2D eigenvalue weighted by atomic mass is 32.1. The van der Waals surface area contributed by atoms with Gasteiger partial charge >= 0.3 is 6.18 Å². The van der Waals surface area contributed by atoms with Gasteiger partial charge in [-0.2, -0.15) is 13.2 Å². The van der Waals surface area contributed by atoms with Crippen molar-refractivity contribution in [1.82, 2.24) is 15.5 Å². The Labute approximate surface area is 233 Å². The van der Waals surface area contributed by atoms with Crippen LogP contribution in [-0.4, -0.2) is 48.5 Å². The molecule has 1 aromatic heterocycles. The lowest BCUT2D eigenvalue weighted by Gasteiger charge is -2.24. The Morgan fingerprint density at radius 3 is 2.30 bits per heavy atom. The molecule has 40 heavy (non-hydrogen) atoms. The monoisotopic (exact) mass is 568 g/mol. The van der Waals surface area contributed by atoms with Gasteiger partial charge in [-0.3, -0.25) is 19.3 Å². The minimum atomic E-state index is -4.55. The van der Waals surface area contributed by atoms with Crippen molar-refractivity contribution in [3.63, 3.8) is 0 Å². The highest BCUT2D eigenvalue weighted by Gasteiger charge is 2.37. The van der Waals surface area contributed by atoms with Crippen molar-refractivity contribution >= 4 is 41.0 Å².